The average Bonchev–Trinajstić information content (AvgIpc) is 2.64. The molecule has 0 fully saturated rings. The van der Waals surface area contributed by atoms with Gasteiger partial charge in [-0.15, -0.1) is 24.0 Å². The number of aryl methyl sites for hydroxylation is 1. The number of hydrogen-bond acceptors (Lipinski definition) is 3. The van der Waals surface area contributed by atoms with Crippen LogP contribution in [0.2, 0.25) is 0 Å². The van der Waals surface area contributed by atoms with Gasteiger partial charge in [-0.25, -0.2) is 0 Å². The molecule has 26 heavy (non-hydrogen) atoms. The molecular weight excluding hydrogens is 439 g/mol. The molecule has 5 nitrogen and oxygen atoms in total. The van der Waals surface area contributed by atoms with Crippen LogP contribution in [-0.2, 0) is 6.42 Å². The van der Waals surface area contributed by atoms with Crippen LogP contribution in [0, 0.1) is 6.92 Å². The van der Waals surface area contributed by atoms with Crippen molar-refractivity contribution >= 4 is 29.9 Å². The number of benzene rings is 1. The molecule has 0 bridgehead atoms. The lowest BCUT2D eigenvalue weighted by Gasteiger charge is -2.15. The van der Waals surface area contributed by atoms with Gasteiger partial charge in [-0.05, 0) is 37.5 Å². The van der Waals surface area contributed by atoms with Crippen molar-refractivity contribution in [1.82, 2.24) is 15.6 Å². The quantitative estimate of drug-likeness (QED) is 0.317. The number of nitrogens with zero attached hydrogens (tertiary/aromatic N) is 2. The number of halogens is 1. The minimum Gasteiger partial charge on any atom is -0.396 e. The highest BCUT2D eigenvalue weighted by Crippen LogP contribution is 2.14. The van der Waals surface area contributed by atoms with E-state index < -0.39 is 0 Å². The lowest BCUT2D eigenvalue weighted by molar-refractivity contribution is 0.268. The predicted molar refractivity (Wildman–Crippen MR) is 118 cm³/mol. The molecule has 2 rings (SSSR count). The van der Waals surface area contributed by atoms with Crippen LogP contribution in [0.1, 0.15) is 29.7 Å². The lowest BCUT2D eigenvalue weighted by atomic mass is 10.0. The Kier molecular flexibility index (Phi) is 10.9. The summed E-state index contributed by atoms with van der Waals surface area (Å²) in [5.41, 5.74) is 3.34. The van der Waals surface area contributed by atoms with E-state index in [4.69, 9.17) is 0 Å². The van der Waals surface area contributed by atoms with Crippen LogP contribution >= 0.6 is 24.0 Å². The Hall–Kier alpha value is -1.67. The Bertz CT molecular complexity index is 647. The molecule has 0 aliphatic rings. The highest BCUT2D eigenvalue weighted by molar-refractivity contribution is 14.0. The number of aromatic nitrogens is 1. The first kappa shape index (κ1) is 22.4. The van der Waals surface area contributed by atoms with Gasteiger partial charge in [0, 0.05) is 30.9 Å². The van der Waals surface area contributed by atoms with E-state index in [0.29, 0.717) is 6.54 Å². The summed E-state index contributed by atoms with van der Waals surface area (Å²) in [4.78, 5) is 8.94. The topological polar surface area (TPSA) is 69.5 Å². The summed E-state index contributed by atoms with van der Waals surface area (Å²) in [5.74, 6) is 0.787. The standard InChI is InChI=1S/C20H28N4O.HI/c1-3-21-20(22-12-11-17-10-9-16(2)23-13-17)24-14-19(15-25)18-7-5-4-6-8-18;/h4-10,13,19,25H,3,11-12,14-15H2,1-2H3,(H2,21,22,24);1H. The summed E-state index contributed by atoms with van der Waals surface area (Å²) in [6, 6.07) is 14.1. The maximum absolute atomic E-state index is 9.65. The van der Waals surface area contributed by atoms with Gasteiger partial charge >= 0.3 is 0 Å². The SMILES string of the molecule is CCNC(=NCC(CO)c1ccccc1)NCCc1ccc(C)nc1.I. The van der Waals surface area contributed by atoms with Crippen molar-refractivity contribution in [2.75, 3.05) is 26.2 Å². The van der Waals surface area contributed by atoms with Gasteiger partial charge in [0.25, 0.3) is 0 Å². The van der Waals surface area contributed by atoms with Gasteiger partial charge < -0.3 is 15.7 Å². The van der Waals surface area contributed by atoms with Crippen molar-refractivity contribution in [1.29, 1.82) is 0 Å². The molecule has 2 aromatic rings. The summed E-state index contributed by atoms with van der Waals surface area (Å²) >= 11 is 0. The minimum atomic E-state index is 0. The highest BCUT2D eigenvalue weighted by atomic mass is 127. The minimum absolute atomic E-state index is 0. The molecule has 6 heteroatoms. The van der Waals surface area contributed by atoms with Gasteiger partial charge in [-0.2, -0.15) is 0 Å². The van der Waals surface area contributed by atoms with E-state index in [0.717, 1.165) is 36.7 Å². The second-order valence-corrected chi connectivity index (χ2v) is 5.99. The summed E-state index contributed by atoms with van der Waals surface area (Å²) in [7, 11) is 0. The Morgan fingerprint density at radius 1 is 1.15 bits per heavy atom. The zero-order valence-electron chi connectivity index (χ0n) is 15.5. The molecule has 1 heterocycles. The Balaban J connectivity index is 0.00000338. The van der Waals surface area contributed by atoms with Crippen molar-refractivity contribution in [3.05, 3.63) is 65.5 Å². The largest absolute Gasteiger partial charge is 0.396 e. The van der Waals surface area contributed by atoms with Crippen LogP contribution in [0.25, 0.3) is 0 Å². The first-order valence-electron chi connectivity index (χ1n) is 8.82. The van der Waals surface area contributed by atoms with E-state index in [1.165, 1.54) is 5.56 Å². The van der Waals surface area contributed by atoms with Crippen molar-refractivity contribution < 1.29 is 5.11 Å². The third kappa shape index (κ3) is 7.70. The normalized spacial score (nSPS) is 12.2. The van der Waals surface area contributed by atoms with E-state index in [1.54, 1.807) is 0 Å². The molecule has 0 saturated carbocycles. The predicted octanol–water partition coefficient (Wildman–Crippen LogP) is 2.88. The molecule has 142 valence electrons. The van der Waals surface area contributed by atoms with Gasteiger partial charge in [0.05, 0.1) is 13.2 Å². The molecule has 1 unspecified atom stereocenters. The maximum Gasteiger partial charge on any atom is 0.191 e. The lowest BCUT2D eigenvalue weighted by Crippen LogP contribution is -2.38. The number of hydrogen-bond donors (Lipinski definition) is 3. The van der Waals surface area contributed by atoms with Gasteiger partial charge in [0.2, 0.25) is 0 Å². The number of guanidine groups is 1. The fourth-order valence-electron chi connectivity index (χ4n) is 2.51. The zero-order chi connectivity index (χ0) is 17.9. The molecule has 0 aliphatic heterocycles. The molecule has 0 aliphatic carbocycles. The van der Waals surface area contributed by atoms with Gasteiger partial charge in [-0.3, -0.25) is 9.98 Å². The second kappa shape index (κ2) is 12.6. The third-order valence-corrected chi connectivity index (χ3v) is 3.98. The van der Waals surface area contributed by atoms with Crippen LogP contribution in [0.15, 0.2) is 53.7 Å². The number of aliphatic imine (C=N–C) groups is 1. The van der Waals surface area contributed by atoms with E-state index in [-0.39, 0.29) is 36.5 Å². The van der Waals surface area contributed by atoms with Gasteiger partial charge in [0.15, 0.2) is 5.96 Å². The van der Waals surface area contributed by atoms with Crippen molar-refractivity contribution in [3.8, 4) is 0 Å². The molecule has 0 radical (unpaired) electrons. The van der Waals surface area contributed by atoms with Crippen molar-refractivity contribution in [2.45, 2.75) is 26.2 Å². The second-order valence-electron chi connectivity index (χ2n) is 5.99. The first-order chi connectivity index (χ1) is 12.2. The molecule has 3 N–H and O–H groups in total. The Morgan fingerprint density at radius 2 is 1.92 bits per heavy atom. The summed E-state index contributed by atoms with van der Waals surface area (Å²) in [5, 5.41) is 16.2. The van der Waals surface area contributed by atoms with Gasteiger partial charge in [-0.1, -0.05) is 36.4 Å². The summed E-state index contributed by atoms with van der Waals surface area (Å²) in [6.45, 7) is 6.24. The summed E-state index contributed by atoms with van der Waals surface area (Å²) in [6.07, 6.45) is 2.80. The monoisotopic (exact) mass is 468 g/mol. The number of nitrogens with one attached hydrogen (secondary N) is 2. The smallest absolute Gasteiger partial charge is 0.191 e. The number of aliphatic hydroxyl groups excluding tert-OH is 1. The fraction of sp³-hybridized carbons (Fsp3) is 0.400. The van der Waals surface area contributed by atoms with Crippen LogP contribution < -0.4 is 10.6 Å². The molecule has 1 aromatic heterocycles. The fourth-order valence-corrected chi connectivity index (χ4v) is 2.51. The van der Waals surface area contributed by atoms with Crippen LogP contribution in [0.5, 0.6) is 0 Å². The Labute approximate surface area is 173 Å². The Morgan fingerprint density at radius 3 is 2.54 bits per heavy atom. The van der Waals surface area contributed by atoms with Crippen LogP contribution in [0.4, 0.5) is 0 Å². The zero-order valence-corrected chi connectivity index (χ0v) is 17.8. The van der Waals surface area contributed by atoms with Crippen LogP contribution in [0.3, 0.4) is 0 Å². The number of pyridine rings is 1. The highest BCUT2D eigenvalue weighted by Gasteiger charge is 2.09. The van der Waals surface area contributed by atoms with E-state index in [1.807, 2.05) is 56.4 Å². The number of rotatable bonds is 8. The summed E-state index contributed by atoms with van der Waals surface area (Å²) < 4.78 is 0. The molecule has 0 amide bonds. The van der Waals surface area contributed by atoms with E-state index in [9.17, 15) is 5.11 Å². The third-order valence-electron chi connectivity index (χ3n) is 3.98. The van der Waals surface area contributed by atoms with Crippen molar-refractivity contribution in [2.24, 2.45) is 4.99 Å². The van der Waals surface area contributed by atoms with E-state index >= 15 is 0 Å². The molecule has 1 aromatic carbocycles. The average molecular weight is 468 g/mol. The molecule has 0 spiro atoms. The molecule has 1 atom stereocenters. The first-order valence-corrected chi connectivity index (χ1v) is 8.82. The maximum atomic E-state index is 9.65. The molecular formula is C20H29IN4O. The van der Waals surface area contributed by atoms with Crippen LogP contribution in [-0.4, -0.2) is 42.3 Å². The molecule has 0 saturated heterocycles. The number of aliphatic hydroxyl groups is 1. The van der Waals surface area contributed by atoms with E-state index in [2.05, 4.69) is 26.7 Å². The van der Waals surface area contributed by atoms with Crippen molar-refractivity contribution in [3.63, 3.8) is 0 Å². The van der Waals surface area contributed by atoms with Gasteiger partial charge in [0.1, 0.15) is 0 Å².